The first-order chi connectivity index (χ1) is 9.56. The van der Waals surface area contributed by atoms with Gasteiger partial charge in [0.2, 0.25) is 5.91 Å². The number of hydrogen-bond donors (Lipinski definition) is 1. The Morgan fingerprint density at radius 2 is 2.05 bits per heavy atom. The largest absolute Gasteiger partial charge is 0.448 e. The fourth-order valence-corrected chi connectivity index (χ4v) is 1.99. The first-order valence-corrected chi connectivity index (χ1v) is 6.72. The van der Waals surface area contributed by atoms with Crippen molar-refractivity contribution in [3.63, 3.8) is 0 Å². The molecule has 0 bridgehead atoms. The second-order valence-electron chi connectivity index (χ2n) is 4.59. The Morgan fingerprint density at radius 1 is 1.30 bits per heavy atom. The van der Waals surface area contributed by atoms with E-state index in [-0.39, 0.29) is 5.91 Å². The average molecular weight is 293 g/mol. The van der Waals surface area contributed by atoms with E-state index < -0.39 is 0 Å². The van der Waals surface area contributed by atoms with Crippen LogP contribution in [0.25, 0.3) is 0 Å². The van der Waals surface area contributed by atoms with E-state index in [1.54, 1.807) is 24.9 Å². The zero-order valence-electron chi connectivity index (χ0n) is 11.5. The highest BCUT2D eigenvalue weighted by Gasteiger charge is 2.08. The molecule has 0 unspecified atom stereocenters. The molecule has 1 heterocycles. The smallest absolute Gasteiger partial charge is 0.219 e. The fraction of sp³-hybridized carbons (Fsp3) is 0.267. The molecule has 1 aromatic heterocycles. The van der Waals surface area contributed by atoms with Gasteiger partial charge < -0.3 is 14.6 Å². The lowest BCUT2D eigenvalue weighted by molar-refractivity contribution is -0.128. The number of carbonyl (C=O) groups is 1. The molecule has 0 fully saturated rings. The Kier molecular flexibility index (Phi) is 4.69. The third-order valence-corrected chi connectivity index (χ3v) is 3.25. The Labute approximate surface area is 123 Å². The quantitative estimate of drug-likeness (QED) is 0.917. The van der Waals surface area contributed by atoms with Gasteiger partial charge in [-0.05, 0) is 35.4 Å². The molecule has 4 nitrogen and oxygen atoms in total. The lowest BCUT2D eigenvalue weighted by Crippen LogP contribution is -2.23. The van der Waals surface area contributed by atoms with Crippen LogP contribution in [0.5, 0.6) is 0 Å². The van der Waals surface area contributed by atoms with Crippen molar-refractivity contribution in [1.29, 1.82) is 0 Å². The molecule has 1 N–H and O–H groups in total. The minimum absolute atomic E-state index is 0.0395. The number of amides is 1. The maximum Gasteiger partial charge on any atom is 0.219 e. The third-order valence-electron chi connectivity index (χ3n) is 3.04. The van der Waals surface area contributed by atoms with Gasteiger partial charge in [0.15, 0.2) is 5.22 Å². The number of nitrogens with one attached hydrogen (secondary N) is 1. The van der Waals surface area contributed by atoms with Crippen molar-refractivity contribution in [2.45, 2.75) is 20.0 Å². The van der Waals surface area contributed by atoms with Gasteiger partial charge in [-0.15, -0.1) is 0 Å². The highest BCUT2D eigenvalue weighted by Crippen LogP contribution is 2.19. The molecule has 0 aliphatic heterocycles. The van der Waals surface area contributed by atoms with Crippen molar-refractivity contribution in [2.24, 2.45) is 0 Å². The highest BCUT2D eigenvalue weighted by atomic mass is 35.5. The summed E-state index contributed by atoms with van der Waals surface area (Å²) >= 11 is 5.74. The number of para-hydroxylation sites is 1. The summed E-state index contributed by atoms with van der Waals surface area (Å²) < 4.78 is 5.30. The Bertz CT molecular complexity index is 595. The molecule has 0 atom stereocenters. The van der Waals surface area contributed by atoms with Crippen LogP contribution >= 0.6 is 11.6 Å². The van der Waals surface area contributed by atoms with Crippen LogP contribution in [-0.2, 0) is 17.9 Å². The molecule has 1 aromatic carbocycles. The van der Waals surface area contributed by atoms with Gasteiger partial charge in [-0.3, -0.25) is 4.79 Å². The van der Waals surface area contributed by atoms with E-state index in [2.05, 4.69) is 5.32 Å². The molecule has 0 saturated heterocycles. The molecule has 20 heavy (non-hydrogen) atoms. The van der Waals surface area contributed by atoms with E-state index in [0.717, 1.165) is 17.0 Å². The van der Waals surface area contributed by atoms with E-state index in [4.69, 9.17) is 16.0 Å². The summed E-state index contributed by atoms with van der Waals surface area (Å²) in [5.74, 6) is 0.808. The molecule has 0 radical (unpaired) electrons. The van der Waals surface area contributed by atoms with Crippen molar-refractivity contribution in [3.8, 4) is 0 Å². The number of nitrogens with zero attached hydrogens (tertiary/aromatic N) is 1. The van der Waals surface area contributed by atoms with Gasteiger partial charge in [-0.2, -0.15) is 0 Å². The molecule has 2 rings (SSSR count). The van der Waals surface area contributed by atoms with Crippen molar-refractivity contribution in [2.75, 3.05) is 12.4 Å². The first kappa shape index (κ1) is 14.5. The molecule has 0 spiro atoms. The summed E-state index contributed by atoms with van der Waals surface area (Å²) in [4.78, 5) is 13.0. The monoisotopic (exact) mass is 292 g/mol. The van der Waals surface area contributed by atoms with Gasteiger partial charge in [0.05, 0.1) is 6.54 Å². The van der Waals surface area contributed by atoms with Gasteiger partial charge in [0.25, 0.3) is 0 Å². The lowest BCUT2D eigenvalue weighted by atomic mass is 10.1. The van der Waals surface area contributed by atoms with E-state index in [9.17, 15) is 4.79 Å². The summed E-state index contributed by atoms with van der Waals surface area (Å²) in [5.41, 5.74) is 2.04. The van der Waals surface area contributed by atoms with Crippen molar-refractivity contribution < 1.29 is 9.21 Å². The molecule has 5 heteroatoms. The van der Waals surface area contributed by atoms with Gasteiger partial charge in [-0.1, -0.05) is 18.2 Å². The molecule has 2 aromatic rings. The number of benzene rings is 1. The van der Waals surface area contributed by atoms with Crippen molar-refractivity contribution >= 4 is 23.2 Å². The predicted molar refractivity (Wildman–Crippen MR) is 79.6 cm³/mol. The molecular formula is C15H17ClN2O2. The standard InChI is InChI=1S/C15H17ClN2O2/c1-11(19)18(2)10-12-5-3-4-6-14(12)17-9-13-7-8-15(16)20-13/h3-8,17H,9-10H2,1-2H3. The Balaban J connectivity index is 2.05. The van der Waals surface area contributed by atoms with Crippen molar-refractivity contribution in [3.05, 3.63) is 52.9 Å². The second kappa shape index (κ2) is 6.48. The van der Waals surface area contributed by atoms with E-state index in [0.29, 0.717) is 18.3 Å². The van der Waals surface area contributed by atoms with E-state index in [1.807, 2.05) is 30.3 Å². The maximum atomic E-state index is 11.3. The summed E-state index contributed by atoms with van der Waals surface area (Å²) in [6.07, 6.45) is 0. The van der Waals surface area contributed by atoms with Crippen LogP contribution < -0.4 is 5.32 Å². The predicted octanol–water partition coefficient (Wildman–Crippen LogP) is 3.52. The van der Waals surface area contributed by atoms with E-state index in [1.165, 1.54) is 0 Å². The molecular weight excluding hydrogens is 276 g/mol. The van der Waals surface area contributed by atoms with Gasteiger partial charge in [0, 0.05) is 26.2 Å². The maximum absolute atomic E-state index is 11.3. The van der Waals surface area contributed by atoms with E-state index >= 15 is 0 Å². The van der Waals surface area contributed by atoms with Gasteiger partial charge >= 0.3 is 0 Å². The Morgan fingerprint density at radius 3 is 2.70 bits per heavy atom. The first-order valence-electron chi connectivity index (χ1n) is 6.34. The SMILES string of the molecule is CC(=O)N(C)Cc1ccccc1NCc1ccc(Cl)o1. The second-order valence-corrected chi connectivity index (χ2v) is 4.96. The number of anilines is 1. The fourth-order valence-electron chi connectivity index (χ4n) is 1.83. The summed E-state index contributed by atoms with van der Waals surface area (Å²) in [6.45, 7) is 2.67. The number of carbonyl (C=O) groups excluding carboxylic acids is 1. The summed E-state index contributed by atoms with van der Waals surface area (Å²) in [6, 6.07) is 11.4. The average Bonchev–Trinajstić information content (AvgIpc) is 2.83. The zero-order chi connectivity index (χ0) is 14.5. The number of hydrogen-bond acceptors (Lipinski definition) is 3. The highest BCUT2D eigenvalue weighted by molar-refractivity contribution is 6.28. The van der Waals surface area contributed by atoms with Crippen LogP contribution in [0.1, 0.15) is 18.2 Å². The molecule has 106 valence electrons. The molecule has 0 aliphatic carbocycles. The summed E-state index contributed by atoms with van der Waals surface area (Å²) in [7, 11) is 1.78. The normalized spacial score (nSPS) is 10.3. The molecule has 1 amide bonds. The van der Waals surface area contributed by atoms with Crippen molar-refractivity contribution in [1.82, 2.24) is 4.90 Å². The van der Waals surface area contributed by atoms with Crippen LogP contribution in [0, 0.1) is 0 Å². The number of rotatable bonds is 5. The lowest BCUT2D eigenvalue weighted by Gasteiger charge is -2.18. The minimum Gasteiger partial charge on any atom is -0.448 e. The van der Waals surface area contributed by atoms with Crippen LogP contribution in [0.3, 0.4) is 0 Å². The topological polar surface area (TPSA) is 45.5 Å². The van der Waals surface area contributed by atoms with Crippen LogP contribution in [0.15, 0.2) is 40.8 Å². The number of halogens is 1. The Hall–Kier alpha value is -1.94. The minimum atomic E-state index is 0.0395. The molecule has 0 aliphatic rings. The third kappa shape index (κ3) is 3.78. The van der Waals surface area contributed by atoms with Gasteiger partial charge in [0.1, 0.15) is 5.76 Å². The van der Waals surface area contributed by atoms with Crippen LogP contribution in [0.2, 0.25) is 5.22 Å². The summed E-state index contributed by atoms with van der Waals surface area (Å²) in [5, 5.41) is 3.68. The van der Waals surface area contributed by atoms with Gasteiger partial charge in [-0.25, -0.2) is 0 Å². The van der Waals surface area contributed by atoms with Crippen LogP contribution in [-0.4, -0.2) is 17.9 Å². The zero-order valence-corrected chi connectivity index (χ0v) is 12.3. The molecule has 0 saturated carbocycles. The van der Waals surface area contributed by atoms with Crippen LogP contribution in [0.4, 0.5) is 5.69 Å². The number of furan rings is 1.